The minimum atomic E-state index is -0.175. The predicted molar refractivity (Wildman–Crippen MR) is 72.4 cm³/mol. The molecule has 1 aromatic heterocycles. The Morgan fingerprint density at radius 1 is 1.33 bits per heavy atom. The number of carbonyl (C=O) groups is 1. The maximum absolute atomic E-state index is 11.9. The van der Waals surface area contributed by atoms with Crippen LogP contribution in [0.3, 0.4) is 0 Å². The molecule has 2 N–H and O–H groups in total. The third-order valence-corrected chi connectivity index (χ3v) is 3.95. The van der Waals surface area contributed by atoms with E-state index in [1.54, 1.807) is 11.0 Å². The normalized spacial score (nSPS) is 20.1. The molecule has 2 heterocycles. The maximum Gasteiger partial charge on any atom is 0.228 e. The van der Waals surface area contributed by atoms with Gasteiger partial charge in [0.15, 0.2) is 0 Å². The zero-order valence-electron chi connectivity index (χ0n) is 9.06. The zero-order chi connectivity index (χ0) is 12.9. The molecule has 3 rings (SSSR count). The lowest BCUT2D eigenvalue weighted by molar-refractivity contribution is -0.117. The first kappa shape index (κ1) is 12.1. The van der Waals surface area contributed by atoms with Crippen molar-refractivity contribution in [1.29, 1.82) is 0 Å². The summed E-state index contributed by atoms with van der Waals surface area (Å²) in [6, 6.07) is 1.41. The second kappa shape index (κ2) is 4.31. The van der Waals surface area contributed by atoms with Gasteiger partial charge in [-0.3, -0.25) is 4.79 Å². The smallest absolute Gasteiger partial charge is 0.228 e. The quantitative estimate of drug-likeness (QED) is 0.875. The molecule has 0 bridgehead atoms. The molecule has 1 atom stereocenters. The molecular weight excluding hydrogens is 295 g/mol. The van der Waals surface area contributed by atoms with Crippen molar-refractivity contribution >= 4 is 57.6 Å². The largest absolute Gasteiger partial charge is 0.326 e. The average molecular weight is 303 g/mol. The molecule has 0 aliphatic carbocycles. The van der Waals surface area contributed by atoms with Gasteiger partial charge in [0.05, 0.1) is 27.5 Å². The highest BCUT2D eigenvalue weighted by Gasteiger charge is 2.32. The highest BCUT2D eigenvalue weighted by molar-refractivity contribution is 7.00. The van der Waals surface area contributed by atoms with Gasteiger partial charge in [-0.15, -0.1) is 0 Å². The summed E-state index contributed by atoms with van der Waals surface area (Å²) in [6.45, 7) is 0.437. The first-order valence-corrected chi connectivity index (χ1v) is 6.72. The maximum atomic E-state index is 11.9. The molecule has 1 aliphatic rings. The Morgan fingerprint density at radius 3 is 2.72 bits per heavy atom. The third-order valence-electron chi connectivity index (χ3n) is 2.84. The van der Waals surface area contributed by atoms with Gasteiger partial charge in [-0.25, -0.2) is 0 Å². The molecule has 0 saturated carbocycles. The van der Waals surface area contributed by atoms with E-state index in [1.807, 2.05) is 0 Å². The van der Waals surface area contributed by atoms with Gasteiger partial charge < -0.3 is 10.6 Å². The summed E-state index contributed by atoms with van der Waals surface area (Å²) in [5.74, 6) is -0.0546. The first-order valence-electron chi connectivity index (χ1n) is 5.24. The zero-order valence-corrected chi connectivity index (χ0v) is 11.4. The minimum Gasteiger partial charge on any atom is -0.326 e. The molecule has 0 spiro atoms. The van der Waals surface area contributed by atoms with Crippen molar-refractivity contribution in [2.45, 2.75) is 12.5 Å². The molecule has 94 valence electrons. The van der Waals surface area contributed by atoms with Gasteiger partial charge in [0.25, 0.3) is 0 Å². The number of nitrogens with two attached hydrogens (primary N) is 1. The lowest BCUT2D eigenvalue weighted by atomic mass is 10.2. The number of nitrogens with zero attached hydrogens (tertiary/aromatic N) is 3. The van der Waals surface area contributed by atoms with E-state index in [-0.39, 0.29) is 11.9 Å². The van der Waals surface area contributed by atoms with Crippen LogP contribution in [-0.2, 0) is 4.79 Å². The van der Waals surface area contributed by atoms with Crippen molar-refractivity contribution < 1.29 is 4.79 Å². The number of benzene rings is 1. The molecule has 1 fully saturated rings. The molecule has 8 heteroatoms. The van der Waals surface area contributed by atoms with E-state index in [1.165, 1.54) is 0 Å². The lowest BCUT2D eigenvalue weighted by Crippen LogP contribution is -2.28. The monoisotopic (exact) mass is 302 g/mol. The van der Waals surface area contributed by atoms with Gasteiger partial charge in [-0.1, -0.05) is 23.2 Å². The van der Waals surface area contributed by atoms with Crippen LogP contribution < -0.4 is 10.6 Å². The van der Waals surface area contributed by atoms with Crippen molar-refractivity contribution in [3.63, 3.8) is 0 Å². The number of hydrogen-bond donors (Lipinski definition) is 1. The SMILES string of the molecule is NC1CC(=O)N(c2c(Cl)cc(Cl)c3nsnc23)C1. The highest BCUT2D eigenvalue weighted by atomic mass is 35.5. The molecule has 5 nitrogen and oxygen atoms in total. The van der Waals surface area contributed by atoms with Crippen molar-refractivity contribution in [3.8, 4) is 0 Å². The second-order valence-corrected chi connectivity index (χ2v) is 5.46. The minimum absolute atomic E-state index is 0.0546. The van der Waals surface area contributed by atoms with Crippen LogP contribution in [0.25, 0.3) is 11.0 Å². The van der Waals surface area contributed by atoms with Crippen LogP contribution in [0.2, 0.25) is 10.0 Å². The Kier molecular flexibility index (Phi) is 2.90. The van der Waals surface area contributed by atoms with E-state index >= 15 is 0 Å². The van der Waals surface area contributed by atoms with Crippen LogP contribution >= 0.6 is 34.9 Å². The van der Waals surface area contributed by atoms with Crippen LogP contribution in [0.5, 0.6) is 0 Å². The predicted octanol–water partition coefficient (Wildman–Crippen LogP) is 2.06. The second-order valence-electron chi connectivity index (χ2n) is 4.12. The van der Waals surface area contributed by atoms with E-state index in [9.17, 15) is 4.79 Å². The van der Waals surface area contributed by atoms with Crippen molar-refractivity contribution in [2.75, 3.05) is 11.4 Å². The molecule has 2 aromatic rings. The van der Waals surface area contributed by atoms with Crippen LogP contribution in [0, 0.1) is 0 Å². The van der Waals surface area contributed by atoms with E-state index in [4.69, 9.17) is 28.9 Å². The Hall–Kier alpha value is -0.950. The summed E-state index contributed by atoms with van der Waals surface area (Å²) >= 11 is 13.3. The Balaban J connectivity index is 2.23. The summed E-state index contributed by atoms with van der Waals surface area (Å²) in [5, 5.41) is 0.825. The van der Waals surface area contributed by atoms with Gasteiger partial charge in [0.1, 0.15) is 11.0 Å². The number of hydrogen-bond acceptors (Lipinski definition) is 5. The molecule has 1 unspecified atom stereocenters. The average Bonchev–Trinajstić information content (AvgIpc) is 2.87. The number of carbonyl (C=O) groups excluding carboxylic acids is 1. The van der Waals surface area contributed by atoms with Crippen molar-refractivity contribution in [2.24, 2.45) is 5.73 Å². The van der Waals surface area contributed by atoms with Crippen molar-refractivity contribution in [3.05, 3.63) is 16.1 Å². The van der Waals surface area contributed by atoms with Gasteiger partial charge in [-0.05, 0) is 6.07 Å². The Labute approximate surface area is 117 Å². The van der Waals surface area contributed by atoms with Crippen molar-refractivity contribution in [1.82, 2.24) is 8.75 Å². The molecular formula is C10H8Cl2N4OS. The molecule has 18 heavy (non-hydrogen) atoms. The lowest BCUT2D eigenvalue weighted by Gasteiger charge is -2.18. The standard InChI is InChI=1S/C10H8Cl2N4OS/c11-5-2-6(12)10(9-8(5)14-18-15-9)16-3-4(13)1-7(16)17/h2,4H,1,3,13H2. The van der Waals surface area contributed by atoms with Gasteiger partial charge in [-0.2, -0.15) is 8.75 Å². The molecule has 1 saturated heterocycles. The molecule has 0 radical (unpaired) electrons. The van der Waals surface area contributed by atoms with Crippen LogP contribution in [0.15, 0.2) is 6.07 Å². The van der Waals surface area contributed by atoms with E-state index in [0.717, 1.165) is 11.7 Å². The fourth-order valence-corrected chi connectivity index (χ4v) is 3.28. The first-order chi connectivity index (χ1) is 8.58. The van der Waals surface area contributed by atoms with E-state index in [2.05, 4.69) is 8.75 Å². The van der Waals surface area contributed by atoms with Gasteiger partial charge >= 0.3 is 0 Å². The van der Waals surface area contributed by atoms with Crippen LogP contribution in [0.1, 0.15) is 6.42 Å². The number of rotatable bonds is 1. The van der Waals surface area contributed by atoms with Gasteiger partial charge in [0.2, 0.25) is 5.91 Å². The van der Waals surface area contributed by atoms with E-state index in [0.29, 0.717) is 39.7 Å². The highest BCUT2D eigenvalue weighted by Crippen LogP contribution is 2.39. The number of aromatic nitrogens is 2. The fraction of sp³-hybridized carbons (Fsp3) is 0.300. The fourth-order valence-electron chi connectivity index (χ4n) is 2.07. The number of amides is 1. The summed E-state index contributed by atoms with van der Waals surface area (Å²) in [5.41, 5.74) is 7.46. The Bertz CT molecular complexity index is 644. The number of halogens is 2. The Morgan fingerprint density at radius 2 is 2.06 bits per heavy atom. The summed E-state index contributed by atoms with van der Waals surface area (Å²) < 4.78 is 8.28. The number of anilines is 1. The van der Waals surface area contributed by atoms with Crippen LogP contribution in [0.4, 0.5) is 5.69 Å². The molecule has 1 aromatic carbocycles. The molecule has 1 amide bonds. The molecule has 1 aliphatic heterocycles. The third kappa shape index (κ3) is 1.76. The summed E-state index contributed by atoms with van der Waals surface area (Å²) in [7, 11) is 0. The summed E-state index contributed by atoms with van der Waals surface area (Å²) in [6.07, 6.45) is 0.317. The van der Waals surface area contributed by atoms with Gasteiger partial charge in [0, 0.05) is 19.0 Å². The van der Waals surface area contributed by atoms with E-state index < -0.39 is 0 Å². The van der Waals surface area contributed by atoms with Crippen LogP contribution in [-0.4, -0.2) is 27.2 Å². The topological polar surface area (TPSA) is 72.1 Å². The summed E-state index contributed by atoms with van der Waals surface area (Å²) in [4.78, 5) is 13.5. The number of fused-ring (bicyclic) bond motifs is 1.